The van der Waals surface area contributed by atoms with Gasteiger partial charge in [-0.25, -0.2) is 13.6 Å². The first kappa shape index (κ1) is 33.8. The SMILES string of the molecule is O=C(Oc1c(F)c(F)c(S(=O)(=O)O)c(F)c1F)c1c(C2C3CC4CC(C3)CC2C4)cc(C2C3CC4CC(C3)CC2C4)cc1C1C2CC3CC(C2)CC1C3. The van der Waals surface area contributed by atoms with Crippen LogP contribution in [0.25, 0.3) is 0 Å². The van der Waals surface area contributed by atoms with Crippen molar-refractivity contribution in [3.63, 3.8) is 0 Å². The zero-order chi connectivity index (χ0) is 36.2. The molecule has 12 bridgehead atoms. The summed E-state index contributed by atoms with van der Waals surface area (Å²) in [6.45, 7) is 0. The van der Waals surface area contributed by atoms with Crippen LogP contribution in [0.2, 0.25) is 0 Å². The lowest BCUT2D eigenvalue weighted by Gasteiger charge is -2.57. The third-order valence-electron chi connectivity index (χ3n) is 16.8. The van der Waals surface area contributed by atoms with E-state index in [9.17, 15) is 17.8 Å². The summed E-state index contributed by atoms with van der Waals surface area (Å²) in [6, 6.07) is 4.57. The highest BCUT2D eigenvalue weighted by atomic mass is 32.2. The maximum atomic E-state index is 15.5. The summed E-state index contributed by atoms with van der Waals surface area (Å²) < 4.78 is 99.5. The van der Waals surface area contributed by atoms with E-state index in [1.165, 1.54) is 50.5 Å². The number of hydrogen-bond donors (Lipinski definition) is 1. The predicted octanol–water partition coefficient (Wildman–Crippen LogP) is 10.3. The second-order valence-corrected chi connectivity index (χ2v) is 21.1. The maximum absolute atomic E-state index is 15.5. The van der Waals surface area contributed by atoms with Crippen LogP contribution < -0.4 is 4.74 Å². The first-order chi connectivity index (χ1) is 25.4. The molecule has 10 heteroatoms. The van der Waals surface area contributed by atoms with E-state index in [0.29, 0.717) is 70.7 Å². The fraction of sp³-hybridized carbons (Fsp3) is 0.698. The van der Waals surface area contributed by atoms with E-state index in [4.69, 9.17) is 4.74 Å². The number of halogens is 4. The summed E-state index contributed by atoms with van der Waals surface area (Å²) in [5.74, 6) is -3.99. The molecule has 12 fully saturated rings. The molecule has 5 nitrogen and oxygen atoms in total. The van der Waals surface area contributed by atoms with Crippen LogP contribution in [0, 0.1) is 94.3 Å². The molecule has 2 aromatic rings. The van der Waals surface area contributed by atoms with Crippen LogP contribution in [0.5, 0.6) is 5.75 Å². The highest BCUT2D eigenvalue weighted by Gasteiger charge is 2.54. The van der Waals surface area contributed by atoms with Gasteiger partial charge >= 0.3 is 16.1 Å². The Hall–Kier alpha value is -2.46. The molecule has 0 aliphatic heterocycles. The van der Waals surface area contributed by atoms with Gasteiger partial charge in [0.1, 0.15) is 0 Å². The van der Waals surface area contributed by atoms with Gasteiger partial charge in [0, 0.05) is 0 Å². The third-order valence-corrected chi connectivity index (χ3v) is 17.7. The quantitative estimate of drug-likeness (QED) is 0.104. The largest absolute Gasteiger partial charge is 0.416 e. The predicted molar refractivity (Wildman–Crippen MR) is 187 cm³/mol. The Balaban J connectivity index is 1.10. The van der Waals surface area contributed by atoms with E-state index in [-0.39, 0.29) is 11.8 Å². The molecule has 0 unspecified atom stereocenters. The molecule has 0 heterocycles. The fourth-order valence-corrected chi connectivity index (χ4v) is 16.7. The molecular formula is C43H48F4O5S. The molecule has 0 amide bonds. The van der Waals surface area contributed by atoms with Crippen molar-refractivity contribution in [1.82, 2.24) is 0 Å². The van der Waals surface area contributed by atoms with Crippen molar-refractivity contribution in [2.24, 2.45) is 71.0 Å². The van der Waals surface area contributed by atoms with Crippen LogP contribution >= 0.6 is 0 Å². The average Bonchev–Trinajstić information content (AvgIpc) is 3.07. The molecule has 0 aromatic heterocycles. The summed E-state index contributed by atoms with van der Waals surface area (Å²) in [5, 5.41) is 0. The number of hydrogen-bond acceptors (Lipinski definition) is 4. The zero-order valence-corrected chi connectivity index (χ0v) is 30.7. The van der Waals surface area contributed by atoms with Crippen LogP contribution in [0.3, 0.4) is 0 Å². The number of esters is 1. The summed E-state index contributed by atoms with van der Waals surface area (Å²) in [5.41, 5.74) is 3.46. The van der Waals surface area contributed by atoms with Gasteiger partial charge in [0.25, 0.3) is 0 Å². The van der Waals surface area contributed by atoms with E-state index in [1.54, 1.807) is 0 Å². The number of benzene rings is 2. The number of rotatable bonds is 6. The molecule has 0 saturated heterocycles. The van der Waals surface area contributed by atoms with Crippen LogP contribution in [0.4, 0.5) is 17.6 Å². The Bertz CT molecular complexity index is 1850. The first-order valence-corrected chi connectivity index (χ1v) is 22.0. The van der Waals surface area contributed by atoms with Crippen molar-refractivity contribution < 1.29 is 40.1 Å². The van der Waals surface area contributed by atoms with Gasteiger partial charge in [0.2, 0.25) is 17.4 Å². The molecule has 53 heavy (non-hydrogen) atoms. The highest BCUT2D eigenvalue weighted by molar-refractivity contribution is 7.85. The van der Waals surface area contributed by atoms with E-state index in [2.05, 4.69) is 12.1 Å². The van der Waals surface area contributed by atoms with Crippen molar-refractivity contribution in [1.29, 1.82) is 0 Å². The first-order valence-electron chi connectivity index (χ1n) is 20.6. The Morgan fingerprint density at radius 2 is 0.849 bits per heavy atom. The lowest BCUT2D eigenvalue weighted by atomic mass is 9.48. The molecule has 14 rings (SSSR count). The van der Waals surface area contributed by atoms with Gasteiger partial charge < -0.3 is 4.74 Å². The van der Waals surface area contributed by atoms with Gasteiger partial charge in [-0.15, -0.1) is 0 Å². The topological polar surface area (TPSA) is 80.7 Å². The molecule has 0 atom stereocenters. The Labute approximate surface area is 308 Å². The monoisotopic (exact) mass is 752 g/mol. The number of ether oxygens (including phenoxy) is 1. The van der Waals surface area contributed by atoms with Crippen molar-refractivity contribution in [2.75, 3.05) is 0 Å². The summed E-state index contributed by atoms with van der Waals surface area (Å²) >= 11 is 0. The zero-order valence-electron chi connectivity index (χ0n) is 29.9. The van der Waals surface area contributed by atoms with Crippen molar-refractivity contribution in [3.05, 3.63) is 57.7 Å². The summed E-state index contributed by atoms with van der Waals surface area (Å²) in [6.07, 6.45) is 17.6. The van der Waals surface area contributed by atoms with Crippen LogP contribution in [0.15, 0.2) is 17.0 Å². The third kappa shape index (κ3) is 5.14. The second-order valence-electron chi connectivity index (χ2n) is 19.7. The molecule has 284 valence electrons. The lowest BCUT2D eigenvalue weighted by molar-refractivity contribution is -0.00772. The minimum Gasteiger partial charge on any atom is -0.416 e. The Morgan fingerprint density at radius 1 is 0.528 bits per heavy atom. The van der Waals surface area contributed by atoms with E-state index in [1.807, 2.05) is 0 Å². The van der Waals surface area contributed by atoms with Crippen molar-refractivity contribution in [3.8, 4) is 5.75 Å². The van der Waals surface area contributed by atoms with Gasteiger partial charge in [-0.3, -0.25) is 4.55 Å². The standard InChI is InChI=1S/C43H48F4O5S/c44-37-39(46)42(53(49,50)51)40(47)38(45)41(37)52-43(48)36-31(34-26-8-20-2-21(10-26)11-27(34)9-20)16-30(33-24-4-18-1-19(6-24)7-25(33)5-18)17-32(36)35-28-12-22-3-23(14-28)15-29(35)13-22/h16-29,33-35H,1-15H2,(H,49,50,51). The van der Waals surface area contributed by atoms with Gasteiger partial charge in [-0.1, -0.05) is 12.1 Å². The van der Waals surface area contributed by atoms with Gasteiger partial charge in [0.05, 0.1) is 5.56 Å². The van der Waals surface area contributed by atoms with Crippen molar-refractivity contribution >= 4 is 16.1 Å². The number of carbonyl (C=O) groups excluding carboxylic acids is 1. The van der Waals surface area contributed by atoms with Gasteiger partial charge in [-0.05, 0) is 202 Å². The van der Waals surface area contributed by atoms with Gasteiger partial charge in [-0.2, -0.15) is 17.2 Å². The minimum atomic E-state index is -5.66. The Kier molecular flexibility index (Phi) is 7.52. The number of carbonyl (C=O) groups is 1. The fourth-order valence-electron chi connectivity index (χ4n) is 16.1. The lowest BCUT2D eigenvalue weighted by Crippen LogP contribution is -2.46. The molecule has 12 aliphatic rings. The van der Waals surface area contributed by atoms with E-state index >= 15 is 17.6 Å². The summed E-state index contributed by atoms with van der Waals surface area (Å²) in [7, 11) is -5.66. The van der Waals surface area contributed by atoms with Crippen LogP contribution in [-0.2, 0) is 10.1 Å². The molecular weight excluding hydrogens is 705 g/mol. The molecule has 2 aromatic carbocycles. The second kappa shape index (κ2) is 11.8. The molecule has 0 radical (unpaired) electrons. The van der Waals surface area contributed by atoms with Crippen LogP contribution in [-0.4, -0.2) is 18.9 Å². The normalized spacial score (nSPS) is 42.8. The smallest absolute Gasteiger partial charge is 0.344 e. The van der Waals surface area contributed by atoms with E-state index < -0.39 is 50.0 Å². The van der Waals surface area contributed by atoms with E-state index in [0.717, 1.165) is 74.3 Å². The maximum Gasteiger partial charge on any atom is 0.344 e. The molecule has 12 aliphatic carbocycles. The van der Waals surface area contributed by atoms with Crippen molar-refractivity contribution in [2.45, 2.75) is 119 Å². The highest BCUT2D eigenvalue weighted by Crippen LogP contribution is 2.65. The Morgan fingerprint density at radius 3 is 1.17 bits per heavy atom. The molecule has 0 spiro atoms. The minimum absolute atomic E-state index is 0.0859. The molecule has 12 saturated carbocycles. The average molecular weight is 753 g/mol. The van der Waals surface area contributed by atoms with Gasteiger partial charge in [0.15, 0.2) is 16.5 Å². The van der Waals surface area contributed by atoms with Crippen LogP contribution in [0.1, 0.15) is 141 Å². The molecule has 1 N–H and O–H groups in total. The summed E-state index contributed by atoms with van der Waals surface area (Å²) in [4.78, 5) is 12.8.